The van der Waals surface area contributed by atoms with E-state index in [0.29, 0.717) is 17.6 Å². The molecular formula is C16H19N5O. The molecule has 3 rings (SSSR count). The van der Waals surface area contributed by atoms with Crippen molar-refractivity contribution in [3.8, 4) is 11.9 Å². The topological polar surface area (TPSA) is 96.8 Å². The molecule has 2 aromatic heterocycles. The third-order valence-corrected chi connectivity index (χ3v) is 3.67. The number of nitrogens with one attached hydrogen (secondary N) is 1. The number of aromatic nitrogens is 2. The van der Waals surface area contributed by atoms with Gasteiger partial charge in [0.2, 0.25) is 5.88 Å². The fourth-order valence-electron chi connectivity index (χ4n) is 2.55. The first-order valence-electron chi connectivity index (χ1n) is 7.45. The number of fused-ring (bicyclic) bond motifs is 1. The summed E-state index contributed by atoms with van der Waals surface area (Å²) in [6, 6.07) is 6.36. The van der Waals surface area contributed by atoms with Gasteiger partial charge in [0.1, 0.15) is 17.6 Å². The van der Waals surface area contributed by atoms with E-state index in [4.69, 9.17) is 15.7 Å². The lowest BCUT2D eigenvalue weighted by Gasteiger charge is -2.33. The molecule has 0 aliphatic heterocycles. The van der Waals surface area contributed by atoms with E-state index in [9.17, 15) is 0 Å². The predicted octanol–water partition coefficient (Wildman–Crippen LogP) is 2.19. The number of nitrogens with two attached hydrogens (primary N) is 1. The minimum Gasteiger partial charge on any atom is -0.474 e. The number of pyridine rings is 2. The molecule has 2 heterocycles. The van der Waals surface area contributed by atoms with E-state index in [2.05, 4.69) is 21.4 Å². The maximum atomic E-state index is 9.08. The number of ether oxygens (including phenoxy) is 1. The van der Waals surface area contributed by atoms with Crippen LogP contribution < -0.4 is 15.8 Å². The Kier molecular flexibility index (Phi) is 3.82. The molecule has 22 heavy (non-hydrogen) atoms. The molecule has 0 aromatic carbocycles. The van der Waals surface area contributed by atoms with Gasteiger partial charge in [0.25, 0.3) is 0 Å². The second-order valence-corrected chi connectivity index (χ2v) is 5.95. The van der Waals surface area contributed by atoms with Crippen LogP contribution in [0.4, 0.5) is 5.82 Å². The fraction of sp³-hybridized carbons (Fsp3) is 0.438. The first kappa shape index (κ1) is 14.5. The SMILES string of the molecule is CC(C)Oc1nc(C#N)cc2cnc(N[C@H]3C[C@@H](N)C3)cc12. The van der Waals surface area contributed by atoms with E-state index in [1.807, 2.05) is 19.9 Å². The van der Waals surface area contributed by atoms with Gasteiger partial charge in [-0.3, -0.25) is 0 Å². The molecule has 6 heteroatoms. The Hall–Kier alpha value is -2.39. The van der Waals surface area contributed by atoms with Crippen LogP contribution in [0.15, 0.2) is 18.3 Å². The summed E-state index contributed by atoms with van der Waals surface area (Å²) in [6.45, 7) is 3.87. The number of rotatable bonds is 4. The molecule has 0 bridgehead atoms. The highest BCUT2D eigenvalue weighted by Gasteiger charge is 2.26. The lowest BCUT2D eigenvalue weighted by molar-refractivity contribution is 0.236. The van der Waals surface area contributed by atoms with Gasteiger partial charge in [-0.05, 0) is 38.8 Å². The van der Waals surface area contributed by atoms with Crippen LogP contribution in [-0.2, 0) is 0 Å². The normalized spacial score (nSPS) is 20.5. The van der Waals surface area contributed by atoms with E-state index in [-0.39, 0.29) is 12.1 Å². The van der Waals surface area contributed by atoms with Crippen molar-refractivity contribution in [2.75, 3.05) is 5.32 Å². The molecule has 1 aliphatic carbocycles. The van der Waals surface area contributed by atoms with E-state index in [0.717, 1.165) is 29.4 Å². The lowest BCUT2D eigenvalue weighted by atomic mass is 9.88. The zero-order valence-electron chi connectivity index (χ0n) is 12.7. The van der Waals surface area contributed by atoms with Gasteiger partial charge in [-0.1, -0.05) is 0 Å². The van der Waals surface area contributed by atoms with Gasteiger partial charge in [-0.15, -0.1) is 0 Å². The fourth-order valence-corrected chi connectivity index (χ4v) is 2.55. The molecule has 114 valence electrons. The van der Waals surface area contributed by atoms with Crippen molar-refractivity contribution in [3.63, 3.8) is 0 Å². The molecule has 2 aromatic rings. The number of hydrogen-bond donors (Lipinski definition) is 2. The average molecular weight is 297 g/mol. The Labute approximate surface area is 129 Å². The first-order valence-corrected chi connectivity index (χ1v) is 7.45. The molecule has 0 spiro atoms. The van der Waals surface area contributed by atoms with Crippen LogP contribution in [0.5, 0.6) is 5.88 Å². The number of nitrogens with zero attached hydrogens (tertiary/aromatic N) is 3. The molecular weight excluding hydrogens is 278 g/mol. The van der Waals surface area contributed by atoms with E-state index in [1.54, 1.807) is 12.3 Å². The highest BCUT2D eigenvalue weighted by Crippen LogP contribution is 2.28. The van der Waals surface area contributed by atoms with Crippen LogP contribution in [0.25, 0.3) is 10.8 Å². The summed E-state index contributed by atoms with van der Waals surface area (Å²) in [5, 5.41) is 14.2. The summed E-state index contributed by atoms with van der Waals surface area (Å²) in [7, 11) is 0. The quantitative estimate of drug-likeness (QED) is 0.898. The molecule has 1 fully saturated rings. The Balaban J connectivity index is 1.96. The van der Waals surface area contributed by atoms with Crippen molar-refractivity contribution in [2.45, 2.75) is 44.9 Å². The van der Waals surface area contributed by atoms with Crippen LogP contribution in [0, 0.1) is 11.3 Å². The van der Waals surface area contributed by atoms with E-state index in [1.165, 1.54) is 0 Å². The molecule has 1 saturated carbocycles. The average Bonchev–Trinajstić information content (AvgIpc) is 2.45. The molecule has 6 nitrogen and oxygen atoms in total. The van der Waals surface area contributed by atoms with E-state index >= 15 is 0 Å². The number of anilines is 1. The zero-order valence-corrected chi connectivity index (χ0v) is 12.7. The summed E-state index contributed by atoms with van der Waals surface area (Å²) in [5.74, 6) is 1.25. The minimum absolute atomic E-state index is 0.0150. The molecule has 0 atom stereocenters. The van der Waals surface area contributed by atoms with Gasteiger partial charge in [0, 0.05) is 29.1 Å². The van der Waals surface area contributed by atoms with Gasteiger partial charge in [0.05, 0.1) is 6.10 Å². The summed E-state index contributed by atoms with van der Waals surface area (Å²) in [6.07, 6.45) is 3.65. The molecule has 0 unspecified atom stereocenters. The Morgan fingerprint density at radius 2 is 2.18 bits per heavy atom. The van der Waals surface area contributed by atoms with Gasteiger partial charge in [-0.25, -0.2) is 9.97 Å². The van der Waals surface area contributed by atoms with Crippen molar-refractivity contribution >= 4 is 16.6 Å². The molecule has 0 saturated heterocycles. The van der Waals surface area contributed by atoms with Gasteiger partial charge < -0.3 is 15.8 Å². The van der Waals surface area contributed by atoms with Crippen molar-refractivity contribution in [1.29, 1.82) is 5.26 Å². The Morgan fingerprint density at radius 1 is 1.41 bits per heavy atom. The molecule has 3 N–H and O–H groups in total. The van der Waals surface area contributed by atoms with Crippen LogP contribution in [0.2, 0.25) is 0 Å². The van der Waals surface area contributed by atoms with Crippen LogP contribution >= 0.6 is 0 Å². The van der Waals surface area contributed by atoms with Crippen molar-refractivity contribution in [1.82, 2.24) is 9.97 Å². The predicted molar refractivity (Wildman–Crippen MR) is 84.6 cm³/mol. The van der Waals surface area contributed by atoms with Crippen LogP contribution in [0.1, 0.15) is 32.4 Å². The largest absolute Gasteiger partial charge is 0.474 e. The second-order valence-electron chi connectivity index (χ2n) is 5.95. The Morgan fingerprint density at radius 3 is 2.82 bits per heavy atom. The molecule has 1 aliphatic rings. The maximum Gasteiger partial charge on any atom is 0.223 e. The van der Waals surface area contributed by atoms with Gasteiger partial charge in [0.15, 0.2) is 0 Å². The Bertz CT molecular complexity index is 731. The third kappa shape index (κ3) is 2.95. The standard InChI is InChI=1S/C16H19N5O/c1-9(2)22-16-14-6-15(20-12-4-11(18)5-12)19-8-10(14)3-13(7-17)21-16/h3,6,8-9,11-12H,4-5,18H2,1-2H3,(H,19,20)/t11-,12+. The number of nitriles is 1. The van der Waals surface area contributed by atoms with Crippen LogP contribution in [-0.4, -0.2) is 28.2 Å². The lowest BCUT2D eigenvalue weighted by Crippen LogP contribution is -2.44. The highest BCUT2D eigenvalue weighted by molar-refractivity contribution is 5.89. The van der Waals surface area contributed by atoms with Crippen molar-refractivity contribution in [3.05, 3.63) is 24.0 Å². The maximum absolute atomic E-state index is 9.08. The van der Waals surface area contributed by atoms with Crippen LogP contribution in [0.3, 0.4) is 0 Å². The monoisotopic (exact) mass is 297 g/mol. The van der Waals surface area contributed by atoms with Crippen molar-refractivity contribution < 1.29 is 4.74 Å². The number of hydrogen-bond acceptors (Lipinski definition) is 6. The van der Waals surface area contributed by atoms with Gasteiger partial charge in [-0.2, -0.15) is 5.26 Å². The summed E-state index contributed by atoms with van der Waals surface area (Å²) < 4.78 is 5.75. The van der Waals surface area contributed by atoms with Gasteiger partial charge >= 0.3 is 0 Å². The van der Waals surface area contributed by atoms with Crippen molar-refractivity contribution in [2.24, 2.45) is 5.73 Å². The second kappa shape index (κ2) is 5.78. The first-order chi connectivity index (χ1) is 10.5. The molecule has 0 radical (unpaired) electrons. The third-order valence-electron chi connectivity index (χ3n) is 3.67. The smallest absolute Gasteiger partial charge is 0.223 e. The minimum atomic E-state index is -0.0150. The highest BCUT2D eigenvalue weighted by atomic mass is 16.5. The zero-order chi connectivity index (χ0) is 15.7. The summed E-state index contributed by atoms with van der Waals surface area (Å²) in [5.41, 5.74) is 6.13. The summed E-state index contributed by atoms with van der Waals surface area (Å²) >= 11 is 0. The summed E-state index contributed by atoms with van der Waals surface area (Å²) in [4.78, 5) is 8.67. The molecule has 0 amide bonds. The van der Waals surface area contributed by atoms with E-state index < -0.39 is 0 Å².